The Hall–Kier alpha value is -7.29. The Kier molecular flexibility index (Phi) is 32.6. The van der Waals surface area contributed by atoms with Gasteiger partial charge in [0.15, 0.2) is 12.0 Å². The van der Waals surface area contributed by atoms with Crippen LogP contribution in [0.3, 0.4) is 0 Å². The number of carboxylic acid groups (broad SMARTS) is 2. The van der Waals surface area contributed by atoms with Crippen LogP contribution in [0.2, 0.25) is 0 Å². The van der Waals surface area contributed by atoms with Gasteiger partial charge in [0.2, 0.25) is 59.1 Å². The highest BCUT2D eigenvalue weighted by molar-refractivity contribution is 5.99. The summed E-state index contributed by atoms with van der Waals surface area (Å²) in [4.78, 5) is 162. The van der Waals surface area contributed by atoms with Gasteiger partial charge in [-0.25, -0.2) is 4.79 Å². The lowest BCUT2D eigenvalue weighted by molar-refractivity contribution is -0.146. The first-order valence-electron chi connectivity index (χ1n) is 27.0. The van der Waals surface area contributed by atoms with Crippen LogP contribution < -0.4 is 76.5 Å². The average molecular weight is 1160 g/mol. The molecule has 1 rings (SSSR count). The number of carboxylic acids is 2. The number of likely N-dealkylation sites (tertiary alicyclic amines) is 1. The first-order valence-corrected chi connectivity index (χ1v) is 27.0. The first-order chi connectivity index (χ1) is 37.9. The smallest absolute Gasteiger partial charge is 0.328 e. The maximum atomic E-state index is 14.1. The van der Waals surface area contributed by atoms with E-state index in [9.17, 15) is 78.0 Å². The Labute approximate surface area is 470 Å². The van der Waals surface area contributed by atoms with Crippen molar-refractivity contribution in [3.8, 4) is 0 Å². The van der Waals surface area contributed by atoms with Crippen molar-refractivity contribution in [3.05, 3.63) is 0 Å². The van der Waals surface area contributed by atoms with E-state index < -0.39 is 157 Å². The summed E-state index contributed by atoms with van der Waals surface area (Å²) in [5.74, 6) is -12.2. The third kappa shape index (κ3) is 26.7. The molecule has 1 heterocycles. The van der Waals surface area contributed by atoms with Crippen LogP contribution in [0.25, 0.3) is 0 Å². The zero-order chi connectivity index (χ0) is 61.7. The van der Waals surface area contributed by atoms with Crippen LogP contribution >= 0.6 is 0 Å². The summed E-state index contributed by atoms with van der Waals surface area (Å²) < 4.78 is 0. The number of aliphatic imine (C=N–C) groups is 1. The molecular formula is C49H88N16O16. The number of aliphatic carboxylic acids is 2. The molecular weight excluding hydrogens is 1070 g/mol. The van der Waals surface area contributed by atoms with E-state index in [0.29, 0.717) is 32.1 Å². The van der Waals surface area contributed by atoms with Gasteiger partial charge in [0.05, 0.1) is 31.2 Å². The third-order valence-corrected chi connectivity index (χ3v) is 12.7. The molecule has 1 fully saturated rings. The van der Waals surface area contributed by atoms with Gasteiger partial charge in [-0.1, -0.05) is 13.8 Å². The van der Waals surface area contributed by atoms with Gasteiger partial charge in [-0.15, -0.1) is 0 Å². The van der Waals surface area contributed by atoms with Crippen molar-refractivity contribution in [2.45, 2.75) is 191 Å². The highest BCUT2D eigenvalue weighted by Crippen LogP contribution is 2.21. The van der Waals surface area contributed by atoms with Gasteiger partial charge >= 0.3 is 11.9 Å². The zero-order valence-electron chi connectivity index (χ0n) is 47.0. The number of nitrogens with zero attached hydrogens (tertiary/aromatic N) is 2. The number of carbonyl (C=O) groups is 12. The summed E-state index contributed by atoms with van der Waals surface area (Å²) >= 11 is 0. The number of rotatable bonds is 38. The highest BCUT2D eigenvalue weighted by Gasteiger charge is 2.40. The van der Waals surface area contributed by atoms with Crippen molar-refractivity contribution < 1.29 is 78.0 Å². The summed E-state index contributed by atoms with van der Waals surface area (Å²) in [6.45, 7) is 8.52. The van der Waals surface area contributed by atoms with E-state index in [1.54, 1.807) is 13.8 Å². The predicted molar refractivity (Wildman–Crippen MR) is 291 cm³/mol. The van der Waals surface area contributed by atoms with E-state index in [4.69, 9.17) is 28.7 Å². The molecule has 10 amide bonds. The molecule has 1 saturated heterocycles. The molecule has 23 N–H and O–H groups in total. The number of guanidine groups is 1. The number of amides is 10. The van der Waals surface area contributed by atoms with E-state index in [1.165, 1.54) is 25.7 Å². The van der Waals surface area contributed by atoms with Gasteiger partial charge < -0.3 is 102 Å². The third-order valence-electron chi connectivity index (χ3n) is 12.7. The summed E-state index contributed by atoms with van der Waals surface area (Å²) in [6, 6.07) is -13.8. The van der Waals surface area contributed by atoms with Crippen molar-refractivity contribution in [1.29, 1.82) is 0 Å². The highest BCUT2D eigenvalue weighted by atomic mass is 16.4. The fourth-order valence-electron chi connectivity index (χ4n) is 8.21. The summed E-state index contributed by atoms with van der Waals surface area (Å²) in [7, 11) is 0. The molecule has 0 bridgehead atoms. The normalized spacial score (nSPS) is 17.1. The van der Waals surface area contributed by atoms with Gasteiger partial charge in [0.25, 0.3) is 0 Å². The fraction of sp³-hybridized carbons (Fsp3) is 0.735. The lowest BCUT2D eigenvalue weighted by Crippen LogP contribution is -2.60. The maximum Gasteiger partial charge on any atom is 0.328 e. The molecule has 0 aromatic rings. The van der Waals surface area contributed by atoms with E-state index >= 15 is 0 Å². The van der Waals surface area contributed by atoms with Gasteiger partial charge in [-0.2, -0.15) is 0 Å². The molecule has 81 heavy (non-hydrogen) atoms. The Morgan fingerprint density at radius 3 is 1.65 bits per heavy atom. The Morgan fingerprint density at radius 1 is 0.580 bits per heavy atom. The zero-order valence-corrected chi connectivity index (χ0v) is 47.0. The largest absolute Gasteiger partial charge is 0.481 e. The van der Waals surface area contributed by atoms with Crippen LogP contribution in [0.15, 0.2) is 4.99 Å². The number of nitrogens with one attached hydrogen (secondary N) is 9. The number of hydrogen-bond acceptors (Lipinski definition) is 18. The standard InChI is InChI=1S/C49H88N16O16/c1-24(2)21-32(42(74)56-23-35(68)59-30(14-7-9-17-50)43(75)62-33(22-36(69)70)44(76)64-38(28(6)67)48(80)81)61-40(72)26(4)57-39(71)25(3)58-45(77)34-16-12-20-65(34)47(79)31(15-8-10-18-51)60-46(78)37(27(5)66)63-41(73)29(52)13-11-19-55-49(53)54/h24-34,37-38,66-67H,7-23,50-52H2,1-6H3,(H,56,74)(H,57,71)(H,58,77)(H,59,68)(H,60,78)(H,61,72)(H,62,75)(H,63,73)(H,64,76)(H,69,70)(H,80,81)(H4,53,54,55)/t25-,26-,27+,28+,29-,30-,31-,32-,33-,34-,37-,38-/m0/s1. The van der Waals surface area contributed by atoms with Crippen molar-refractivity contribution in [1.82, 2.24) is 52.8 Å². The summed E-state index contributed by atoms with van der Waals surface area (Å²) in [5, 5.41) is 60.6. The second kappa shape index (κ2) is 36.9. The monoisotopic (exact) mass is 1160 g/mol. The number of hydrogen-bond donors (Lipinski definition) is 18. The van der Waals surface area contributed by atoms with Crippen molar-refractivity contribution in [2.24, 2.45) is 39.6 Å². The molecule has 0 radical (unpaired) electrons. The second-order valence-corrected chi connectivity index (χ2v) is 20.3. The van der Waals surface area contributed by atoms with Crippen molar-refractivity contribution >= 4 is 77.0 Å². The van der Waals surface area contributed by atoms with Gasteiger partial charge in [0, 0.05) is 13.1 Å². The number of aliphatic hydroxyl groups excluding tert-OH is 2. The van der Waals surface area contributed by atoms with Crippen LogP contribution in [0.1, 0.15) is 119 Å². The Morgan fingerprint density at radius 2 is 1.11 bits per heavy atom. The van der Waals surface area contributed by atoms with Crippen LogP contribution in [0.5, 0.6) is 0 Å². The van der Waals surface area contributed by atoms with E-state index in [1.807, 2.05) is 5.32 Å². The number of nitrogens with two attached hydrogens (primary N) is 5. The number of unbranched alkanes of at least 4 members (excludes halogenated alkanes) is 2. The van der Waals surface area contributed by atoms with Gasteiger partial charge in [-0.05, 0) is 117 Å². The van der Waals surface area contributed by atoms with Crippen molar-refractivity contribution in [3.63, 3.8) is 0 Å². The lowest BCUT2D eigenvalue weighted by Gasteiger charge is -2.31. The molecule has 0 saturated carbocycles. The predicted octanol–water partition coefficient (Wildman–Crippen LogP) is -6.98. The number of aliphatic hydroxyl groups is 2. The second-order valence-electron chi connectivity index (χ2n) is 20.3. The average Bonchev–Trinajstić information content (AvgIpc) is 3.89. The first kappa shape index (κ1) is 71.7. The molecule has 460 valence electrons. The van der Waals surface area contributed by atoms with Crippen LogP contribution in [-0.4, -0.2) is 208 Å². The van der Waals surface area contributed by atoms with Crippen LogP contribution in [0.4, 0.5) is 0 Å². The SMILES string of the molecule is CC(C)C[C@H](NC(=O)[C@H](C)NC(=O)[C@H](C)NC(=O)[C@@H]1CCCN1C(=O)[C@H](CCCCN)NC(=O)[C@@H](NC(=O)[C@@H](N)CCCN=C(N)N)[C@@H](C)O)C(=O)NCC(=O)N[C@@H](CCCCN)C(=O)N[C@@H](CC(=O)O)C(=O)N[C@H](C(=O)O)[C@@H](C)O. The quantitative estimate of drug-likeness (QED) is 0.0155. The lowest BCUT2D eigenvalue weighted by atomic mass is 10.0. The van der Waals surface area contributed by atoms with Crippen molar-refractivity contribution in [2.75, 3.05) is 32.7 Å². The molecule has 1 aliphatic rings. The molecule has 32 heteroatoms. The molecule has 12 atom stereocenters. The Bertz CT molecular complexity index is 2180. The Balaban J connectivity index is 3.06. The minimum atomic E-state index is -1.85. The summed E-state index contributed by atoms with van der Waals surface area (Å²) in [6.07, 6.45) is -1.39. The molecule has 0 aromatic heterocycles. The molecule has 0 spiro atoms. The van der Waals surface area contributed by atoms with Crippen LogP contribution in [-0.2, 0) is 57.5 Å². The summed E-state index contributed by atoms with van der Waals surface area (Å²) in [5.41, 5.74) is 27.9. The van der Waals surface area contributed by atoms with E-state index in [0.717, 1.165) is 6.92 Å². The maximum absolute atomic E-state index is 14.1. The topological polar surface area (TPSA) is 540 Å². The van der Waals surface area contributed by atoms with Gasteiger partial charge in [0.1, 0.15) is 48.3 Å². The van der Waals surface area contributed by atoms with E-state index in [-0.39, 0.29) is 76.6 Å². The number of carbonyl (C=O) groups excluding carboxylic acids is 10. The molecule has 1 aliphatic heterocycles. The molecule has 0 aromatic carbocycles. The minimum absolute atomic E-state index is 0.0471. The van der Waals surface area contributed by atoms with Crippen LogP contribution in [0, 0.1) is 5.92 Å². The van der Waals surface area contributed by atoms with Gasteiger partial charge in [-0.3, -0.25) is 57.7 Å². The minimum Gasteiger partial charge on any atom is -0.481 e. The van der Waals surface area contributed by atoms with E-state index in [2.05, 4.69) is 47.5 Å². The fourth-order valence-corrected chi connectivity index (χ4v) is 8.21. The molecule has 32 nitrogen and oxygen atoms in total. The molecule has 0 unspecified atom stereocenters. The molecule has 0 aliphatic carbocycles.